The zero-order chi connectivity index (χ0) is 25.0. The fourth-order valence-corrected chi connectivity index (χ4v) is 0. The first-order valence-electron chi connectivity index (χ1n) is 4.75. The molecule has 0 aromatic heterocycles. The number of nitrogens with zero attached hydrogens (tertiary/aromatic N) is 2. The van der Waals surface area contributed by atoms with Crippen LogP contribution in [0.3, 0.4) is 0 Å². The van der Waals surface area contributed by atoms with Crippen LogP contribution in [0.15, 0.2) is 0 Å². The number of rotatable bonds is 0. The molecule has 0 amide bonds. The first-order valence-corrected chi connectivity index (χ1v) is 10.5. The van der Waals surface area contributed by atoms with E-state index in [2.05, 4.69) is 0 Å². The minimum absolute atomic E-state index is 0. The third-order valence-corrected chi connectivity index (χ3v) is 0. The van der Waals surface area contributed by atoms with Crippen LogP contribution in [0.4, 0.5) is 0 Å². The summed E-state index contributed by atoms with van der Waals surface area (Å²) in [5, 5.41) is 47.3. The Morgan fingerprint density at radius 2 is 0.562 bits per heavy atom. The normalized spacial score (nSPS) is 5.50. The first-order chi connectivity index (χ1) is 12.1. The van der Waals surface area contributed by atoms with Crippen LogP contribution in [-0.4, -0.2) is 155 Å². The van der Waals surface area contributed by atoms with Gasteiger partial charge in [-0.15, -0.1) is 0 Å². The Hall–Kier alpha value is 2.85. The monoisotopic (exact) mass is 860 g/mol. The molecule has 0 spiro atoms. The first kappa shape index (κ1) is 70.2. The van der Waals surface area contributed by atoms with E-state index in [1.807, 2.05) is 0 Å². The Bertz CT molecular complexity index is 340. The molecule has 0 saturated heterocycles. The number of carbonyl (C=O) groups is 2. The van der Waals surface area contributed by atoms with Gasteiger partial charge in [0, 0.05) is 11.9 Å². The zero-order valence-electron chi connectivity index (χ0n) is 15.7. The van der Waals surface area contributed by atoms with Gasteiger partial charge in [-0.3, -0.25) is 0 Å². The van der Waals surface area contributed by atoms with Gasteiger partial charge in [-0.25, -0.2) is 0 Å². The minimum atomic E-state index is -4.08. The van der Waals surface area contributed by atoms with Gasteiger partial charge in [-0.1, -0.05) is 0 Å². The Balaban J connectivity index is -0.0000000175. The Kier molecular flexibility index (Phi) is 141. The molecule has 0 N–H and O–H groups in total. The van der Waals surface area contributed by atoms with Crippen molar-refractivity contribution in [3.05, 3.63) is 30.6 Å². The van der Waals surface area contributed by atoms with Gasteiger partial charge in [-0.05, 0) is 13.8 Å². The summed E-state index contributed by atoms with van der Waals surface area (Å²) in [6.07, 6.45) is 0. The molecule has 0 unspecified atom stereocenters. The molecule has 0 aromatic rings. The predicted molar refractivity (Wildman–Crippen MR) is 67.2 cm³/mol. The molecule has 28 heteroatoms. The van der Waals surface area contributed by atoms with Gasteiger partial charge < -0.3 is 50.4 Å². The average molecular weight is 858 g/mol. The van der Waals surface area contributed by atoms with Gasteiger partial charge in [0.2, 0.25) is 0 Å². The van der Waals surface area contributed by atoms with E-state index in [-0.39, 0.29) is 132 Å². The molecule has 0 aromatic carbocycles. The van der Waals surface area contributed by atoms with Gasteiger partial charge in [0.05, 0.1) is 10.2 Å². The molecule has 0 rings (SSSR count). The van der Waals surface area contributed by atoms with Crippen molar-refractivity contribution >= 4 is 144 Å². The topological polar surface area (TPSA) is 402 Å². The molecule has 0 bridgehead atoms. The quantitative estimate of drug-likeness (QED) is 0.124. The standard InChI is InChI=1S/2C2H4O2.2Al.2Ba.2NO3.9O.3Ti/c2*1-2(3)4;;;;;2*2-1(3)4;;;;;;;;;;;;/h2*1H3,(H,3,4);;;;;;;;;;;;;;;;;;/q;;2*+3;2*+2;2*-1;;;;6*-1;;;/p-2. The summed E-state index contributed by atoms with van der Waals surface area (Å²) in [5.74, 6) is -2.17. The molecule has 168 valence electrons. The summed E-state index contributed by atoms with van der Waals surface area (Å²) in [6.45, 7) is 1.94. The van der Waals surface area contributed by atoms with E-state index >= 15 is 0 Å². The second-order valence-corrected chi connectivity index (χ2v) is 4.52. The van der Waals surface area contributed by atoms with Crippen molar-refractivity contribution in [2.45, 2.75) is 13.8 Å². The van der Waals surface area contributed by atoms with Crippen molar-refractivity contribution in [1.29, 1.82) is 0 Å². The van der Waals surface area contributed by atoms with Gasteiger partial charge in [-0.2, -0.15) is 0 Å². The van der Waals surface area contributed by atoms with Crippen LogP contribution < -0.4 is 32.3 Å². The number of hydrogen-bond acceptors (Lipinski definition) is 19. The van der Waals surface area contributed by atoms with Gasteiger partial charge in [0.15, 0.2) is 0 Å². The van der Waals surface area contributed by atoms with Crippen LogP contribution in [0, 0.1) is 30.6 Å². The Morgan fingerprint density at radius 1 is 0.562 bits per heavy atom. The molecular weight excluding hydrogens is 852 g/mol. The van der Waals surface area contributed by atoms with E-state index < -0.39 is 78.0 Å². The van der Waals surface area contributed by atoms with Gasteiger partial charge in [0.25, 0.3) is 0 Å². The second-order valence-electron chi connectivity index (χ2n) is 2.18. The van der Waals surface area contributed by atoms with Crippen molar-refractivity contribution in [2.75, 3.05) is 0 Å². The van der Waals surface area contributed by atoms with Crippen molar-refractivity contribution in [3.63, 3.8) is 0 Å². The molecule has 0 fully saturated rings. The molecule has 32 heavy (non-hydrogen) atoms. The number of hydrogen-bond donors (Lipinski definition) is 0. The molecule has 21 nitrogen and oxygen atoms in total. The summed E-state index contributed by atoms with van der Waals surface area (Å²) in [5.41, 5.74) is 0. The maximum atomic E-state index is 8.89. The van der Waals surface area contributed by atoms with Gasteiger partial charge in [0.1, 0.15) is 0 Å². The van der Waals surface area contributed by atoms with E-state index in [0.29, 0.717) is 0 Å². The number of carboxylic acids is 2. The number of carboxylic acid groups (broad SMARTS) is 2. The van der Waals surface area contributed by atoms with Crippen LogP contribution in [0.1, 0.15) is 13.8 Å². The van der Waals surface area contributed by atoms with Crippen LogP contribution >= 0.6 is 0 Å². The summed E-state index contributed by atoms with van der Waals surface area (Å²) >= 11 is -12.2. The predicted octanol–water partition coefficient (Wildman–Crippen LogP) is -12.0. The number of aliphatic carboxylic acids is 2. The third kappa shape index (κ3) is 4100. The van der Waals surface area contributed by atoms with Crippen LogP contribution in [-0.2, 0) is 75.4 Å². The average Bonchev–Trinajstić information content (AvgIpc) is 2.20. The van der Waals surface area contributed by atoms with Crippen molar-refractivity contribution in [2.24, 2.45) is 0 Å². The van der Waals surface area contributed by atoms with E-state index in [9.17, 15) is 0 Å². The number of carbonyl (C=O) groups excluding carboxylic acids is 2. The molecule has 0 saturated carbocycles. The fraction of sp³-hybridized carbons (Fsp3) is 0.500. The SMILES string of the molecule is CC(=O)[O-].CC(=O)[O-].O=[N+]([O-])[O-].O=[N+]([O-])[O-].[Al+3].[Al+3].[Ba+2].[Ba+2].[O]=[Ti]([O-])[O-].[O]=[Ti]([O-])[O-].[O]=[Ti]([O-])[O-]. The summed E-state index contributed by atoms with van der Waals surface area (Å²) < 4.78 is 77.2. The van der Waals surface area contributed by atoms with E-state index in [0.717, 1.165) is 13.8 Å². The zero-order valence-corrected chi connectivity index (χ0v) is 31.6. The molecule has 0 aliphatic rings. The molecule has 0 atom stereocenters. The molecular formula is C4H6Al2Ba2N2O19Ti3. The van der Waals surface area contributed by atoms with Gasteiger partial charge >= 0.3 is 220 Å². The summed E-state index contributed by atoms with van der Waals surface area (Å²) in [7, 11) is 0. The molecule has 0 radical (unpaired) electrons. The van der Waals surface area contributed by atoms with Crippen molar-refractivity contribution < 1.29 is 118 Å². The van der Waals surface area contributed by atoms with Crippen molar-refractivity contribution in [3.8, 4) is 0 Å². The molecule has 0 aliphatic heterocycles. The van der Waals surface area contributed by atoms with E-state index in [1.54, 1.807) is 0 Å². The molecule has 0 aliphatic carbocycles. The van der Waals surface area contributed by atoms with Crippen molar-refractivity contribution in [1.82, 2.24) is 0 Å². The third-order valence-electron chi connectivity index (χ3n) is 0. The Morgan fingerprint density at radius 3 is 0.562 bits per heavy atom. The summed E-state index contributed by atoms with van der Waals surface area (Å²) in [4.78, 5) is 34.3. The summed E-state index contributed by atoms with van der Waals surface area (Å²) in [6, 6.07) is 0. The van der Waals surface area contributed by atoms with Crippen LogP contribution in [0.2, 0.25) is 0 Å². The fourth-order valence-electron chi connectivity index (χ4n) is 0. The second kappa shape index (κ2) is 64.2. The maximum absolute atomic E-state index is 8.89. The van der Waals surface area contributed by atoms with Crippen LogP contribution in [0.5, 0.6) is 0 Å². The van der Waals surface area contributed by atoms with E-state index in [1.165, 1.54) is 0 Å². The van der Waals surface area contributed by atoms with E-state index in [4.69, 9.17) is 82.5 Å². The Labute approximate surface area is 300 Å². The van der Waals surface area contributed by atoms with Crippen LogP contribution in [0.25, 0.3) is 0 Å². The molecule has 0 heterocycles.